The molecule has 0 saturated heterocycles. The molecule has 0 saturated carbocycles. The van der Waals surface area contributed by atoms with E-state index in [9.17, 15) is 4.39 Å². The van der Waals surface area contributed by atoms with Gasteiger partial charge in [0, 0.05) is 9.99 Å². The van der Waals surface area contributed by atoms with Crippen LogP contribution < -0.4 is 4.74 Å². The molecular formula is C16H16FIO2. The lowest BCUT2D eigenvalue weighted by molar-refractivity contribution is 0.0559. The zero-order valence-electron chi connectivity index (χ0n) is 11.2. The maximum atomic E-state index is 13.5. The number of methoxy groups -OCH3 is 1. The molecule has 2 nitrogen and oxygen atoms in total. The van der Waals surface area contributed by atoms with Gasteiger partial charge in [-0.3, -0.25) is 0 Å². The van der Waals surface area contributed by atoms with Crippen molar-refractivity contribution in [3.8, 4) is 5.75 Å². The van der Waals surface area contributed by atoms with Crippen molar-refractivity contribution in [3.05, 3.63) is 65.5 Å². The number of rotatable bonds is 6. The molecule has 0 aliphatic carbocycles. The van der Waals surface area contributed by atoms with Crippen LogP contribution in [0.3, 0.4) is 0 Å². The number of benzene rings is 2. The van der Waals surface area contributed by atoms with Crippen molar-refractivity contribution in [2.75, 3.05) is 11.5 Å². The van der Waals surface area contributed by atoms with Crippen molar-refractivity contribution in [3.63, 3.8) is 0 Å². The highest BCUT2D eigenvalue weighted by Crippen LogP contribution is 2.24. The lowest BCUT2D eigenvalue weighted by atomic mass is 10.1. The van der Waals surface area contributed by atoms with Crippen LogP contribution in [-0.2, 0) is 11.3 Å². The van der Waals surface area contributed by atoms with Gasteiger partial charge in [-0.2, -0.15) is 0 Å². The van der Waals surface area contributed by atoms with Crippen molar-refractivity contribution >= 4 is 22.6 Å². The van der Waals surface area contributed by atoms with Crippen molar-refractivity contribution in [1.29, 1.82) is 0 Å². The Bertz CT molecular complexity index is 542. The molecule has 2 aromatic rings. The van der Waals surface area contributed by atoms with Gasteiger partial charge in [0.15, 0.2) is 0 Å². The van der Waals surface area contributed by atoms with E-state index in [2.05, 4.69) is 22.6 Å². The summed E-state index contributed by atoms with van der Waals surface area (Å²) >= 11 is 2.27. The van der Waals surface area contributed by atoms with Gasteiger partial charge in [-0.05, 0) is 23.8 Å². The van der Waals surface area contributed by atoms with E-state index in [-0.39, 0.29) is 18.5 Å². The Kier molecular flexibility index (Phi) is 5.79. The summed E-state index contributed by atoms with van der Waals surface area (Å²) in [4.78, 5) is 0. The first kappa shape index (κ1) is 15.3. The van der Waals surface area contributed by atoms with E-state index in [0.29, 0.717) is 5.56 Å². The van der Waals surface area contributed by atoms with Crippen LogP contribution in [0.15, 0.2) is 48.5 Å². The van der Waals surface area contributed by atoms with Gasteiger partial charge in [0.05, 0.1) is 19.8 Å². The van der Waals surface area contributed by atoms with Gasteiger partial charge < -0.3 is 9.47 Å². The summed E-state index contributed by atoms with van der Waals surface area (Å²) in [5.41, 5.74) is 1.65. The van der Waals surface area contributed by atoms with Gasteiger partial charge in [0.25, 0.3) is 0 Å². The van der Waals surface area contributed by atoms with Crippen molar-refractivity contribution in [2.24, 2.45) is 0 Å². The molecule has 0 bridgehead atoms. The first-order chi connectivity index (χ1) is 9.74. The standard InChI is InChI=1S/C16H16FIO2/c1-19-14-8-6-12(7-9-14)16(10-18)20-11-13-4-2-3-5-15(13)17/h2-9,16H,10-11H2,1H3. The van der Waals surface area contributed by atoms with Gasteiger partial charge in [-0.15, -0.1) is 0 Å². The van der Waals surface area contributed by atoms with E-state index in [0.717, 1.165) is 15.7 Å². The molecule has 0 aromatic heterocycles. The fourth-order valence-corrected chi connectivity index (χ4v) is 2.62. The predicted molar refractivity (Wildman–Crippen MR) is 85.8 cm³/mol. The quantitative estimate of drug-likeness (QED) is 0.537. The van der Waals surface area contributed by atoms with Crippen LogP contribution in [0.4, 0.5) is 4.39 Å². The zero-order valence-corrected chi connectivity index (χ0v) is 13.3. The fourth-order valence-electron chi connectivity index (χ4n) is 1.85. The van der Waals surface area contributed by atoms with Crippen LogP contribution in [0, 0.1) is 5.82 Å². The highest BCUT2D eigenvalue weighted by molar-refractivity contribution is 14.1. The molecule has 2 rings (SSSR count). The molecule has 1 unspecified atom stereocenters. The number of hydrogen-bond donors (Lipinski definition) is 0. The Morgan fingerprint density at radius 3 is 2.40 bits per heavy atom. The van der Waals surface area contributed by atoms with Crippen LogP contribution in [0.1, 0.15) is 17.2 Å². The largest absolute Gasteiger partial charge is 0.497 e. The van der Waals surface area contributed by atoms with Crippen LogP contribution in [0.2, 0.25) is 0 Å². The number of hydrogen-bond acceptors (Lipinski definition) is 2. The second-order valence-electron chi connectivity index (χ2n) is 4.32. The Hall–Kier alpha value is -1.14. The van der Waals surface area contributed by atoms with Gasteiger partial charge in [0.1, 0.15) is 11.6 Å². The minimum atomic E-state index is -0.227. The molecule has 0 fully saturated rings. The van der Waals surface area contributed by atoms with Crippen LogP contribution >= 0.6 is 22.6 Å². The smallest absolute Gasteiger partial charge is 0.128 e. The van der Waals surface area contributed by atoms with E-state index in [1.807, 2.05) is 30.3 Å². The topological polar surface area (TPSA) is 18.5 Å². The molecule has 0 spiro atoms. The van der Waals surface area contributed by atoms with E-state index in [1.165, 1.54) is 6.07 Å². The first-order valence-electron chi connectivity index (χ1n) is 6.29. The average Bonchev–Trinajstić information content (AvgIpc) is 2.50. The lowest BCUT2D eigenvalue weighted by Gasteiger charge is -2.16. The van der Waals surface area contributed by atoms with E-state index < -0.39 is 0 Å². The molecule has 0 radical (unpaired) electrons. The SMILES string of the molecule is COc1ccc(C(CI)OCc2ccccc2F)cc1. The molecule has 0 aliphatic heterocycles. The minimum Gasteiger partial charge on any atom is -0.497 e. The third-order valence-electron chi connectivity index (χ3n) is 3.03. The molecular weight excluding hydrogens is 370 g/mol. The summed E-state index contributed by atoms with van der Waals surface area (Å²) in [6.45, 7) is 0.270. The molecule has 4 heteroatoms. The Labute approximate surface area is 132 Å². The summed E-state index contributed by atoms with van der Waals surface area (Å²) in [5, 5.41) is 0. The third-order valence-corrected chi connectivity index (χ3v) is 3.83. The van der Waals surface area contributed by atoms with Crippen molar-refractivity contribution in [2.45, 2.75) is 12.7 Å². The zero-order chi connectivity index (χ0) is 14.4. The van der Waals surface area contributed by atoms with E-state index >= 15 is 0 Å². The average molecular weight is 386 g/mol. The summed E-state index contributed by atoms with van der Waals surface area (Å²) in [5.74, 6) is 0.588. The molecule has 0 aliphatic rings. The second kappa shape index (κ2) is 7.59. The summed E-state index contributed by atoms with van der Waals surface area (Å²) in [7, 11) is 1.64. The fraction of sp³-hybridized carbons (Fsp3) is 0.250. The molecule has 2 aromatic carbocycles. The molecule has 20 heavy (non-hydrogen) atoms. The van der Waals surface area contributed by atoms with Crippen LogP contribution in [0.25, 0.3) is 0 Å². The maximum Gasteiger partial charge on any atom is 0.128 e. The van der Waals surface area contributed by atoms with E-state index in [1.54, 1.807) is 19.2 Å². The number of halogens is 2. The Morgan fingerprint density at radius 2 is 1.80 bits per heavy atom. The minimum absolute atomic E-state index is 0.0545. The highest BCUT2D eigenvalue weighted by atomic mass is 127. The van der Waals surface area contributed by atoms with Crippen LogP contribution in [-0.4, -0.2) is 11.5 Å². The number of alkyl halides is 1. The molecule has 1 atom stereocenters. The molecule has 0 N–H and O–H groups in total. The molecule has 0 amide bonds. The normalized spacial score (nSPS) is 12.2. The number of ether oxygens (including phenoxy) is 2. The Balaban J connectivity index is 2.03. The van der Waals surface area contributed by atoms with Gasteiger partial charge in [-0.25, -0.2) is 4.39 Å². The highest BCUT2D eigenvalue weighted by Gasteiger charge is 2.12. The first-order valence-corrected chi connectivity index (χ1v) is 7.82. The molecule has 106 valence electrons. The van der Waals surface area contributed by atoms with E-state index in [4.69, 9.17) is 9.47 Å². The maximum absolute atomic E-state index is 13.5. The van der Waals surface area contributed by atoms with Crippen molar-refractivity contribution < 1.29 is 13.9 Å². The molecule has 0 heterocycles. The van der Waals surface area contributed by atoms with Gasteiger partial charge in [0.2, 0.25) is 0 Å². The summed E-state index contributed by atoms with van der Waals surface area (Å²) in [6, 6.07) is 14.4. The predicted octanol–water partition coefficient (Wildman–Crippen LogP) is 4.53. The Morgan fingerprint density at radius 1 is 1.10 bits per heavy atom. The van der Waals surface area contributed by atoms with Crippen molar-refractivity contribution in [1.82, 2.24) is 0 Å². The third kappa shape index (κ3) is 3.93. The summed E-state index contributed by atoms with van der Waals surface area (Å²) in [6.07, 6.45) is -0.0545. The lowest BCUT2D eigenvalue weighted by Crippen LogP contribution is -2.06. The summed E-state index contributed by atoms with van der Waals surface area (Å²) < 4.78 is 25.3. The van der Waals surface area contributed by atoms with Crippen LogP contribution in [0.5, 0.6) is 5.75 Å². The van der Waals surface area contributed by atoms with Gasteiger partial charge >= 0.3 is 0 Å². The monoisotopic (exact) mass is 386 g/mol. The van der Waals surface area contributed by atoms with Gasteiger partial charge in [-0.1, -0.05) is 52.9 Å². The second-order valence-corrected chi connectivity index (χ2v) is 5.20.